The van der Waals surface area contributed by atoms with Gasteiger partial charge >= 0.3 is 0 Å². The summed E-state index contributed by atoms with van der Waals surface area (Å²) in [5, 5.41) is 19.0. The minimum Gasteiger partial charge on any atom is -0.508 e. The summed E-state index contributed by atoms with van der Waals surface area (Å²) in [5.74, 6) is 0.0411. The van der Waals surface area contributed by atoms with Crippen molar-refractivity contribution in [1.29, 1.82) is 0 Å². The number of hydrogen-bond donors (Lipinski definition) is 5. The summed E-state index contributed by atoms with van der Waals surface area (Å²) in [5.41, 5.74) is 8.01. The standard InChI is InChI=1S/C27H24N4O2/c1-15-10-17-11-16(6-9-22(17)29-15)13-28-14-24-25(20-4-2-3-5-23(20)30-24)26-21-12-18(32)7-8-19(21)27(33)31-26/h2-12,26,28-30,32H,13-14H2,1H3,(H,31,33). The monoisotopic (exact) mass is 436 g/mol. The summed E-state index contributed by atoms with van der Waals surface area (Å²) in [4.78, 5) is 19.5. The van der Waals surface area contributed by atoms with Crippen molar-refractivity contribution in [3.05, 3.63) is 100 Å². The van der Waals surface area contributed by atoms with Crippen LogP contribution in [0, 0.1) is 6.92 Å². The van der Waals surface area contributed by atoms with Crippen LogP contribution in [0.1, 0.15) is 44.5 Å². The van der Waals surface area contributed by atoms with Gasteiger partial charge in [-0.2, -0.15) is 0 Å². The quantitative estimate of drug-likeness (QED) is 0.274. The molecule has 164 valence electrons. The number of aromatic nitrogens is 2. The van der Waals surface area contributed by atoms with Gasteiger partial charge in [0.05, 0.1) is 6.04 Å². The molecule has 0 aliphatic carbocycles. The lowest BCUT2D eigenvalue weighted by Crippen LogP contribution is -2.22. The van der Waals surface area contributed by atoms with Crippen LogP contribution in [0.5, 0.6) is 5.75 Å². The zero-order valence-corrected chi connectivity index (χ0v) is 18.2. The third-order valence-electron chi connectivity index (χ3n) is 6.43. The van der Waals surface area contributed by atoms with Crippen molar-refractivity contribution in [3.63, 3.8) is 0 Å². The number of amides is 1. The number of aryl methyl sites for hydroxylation is 1. The average molecular weight is 437 g/mol. The van der Waals surface area contributed by atoms with E-state index in [1.807, 2.05) is 18.2 Å². The summed E-state index contributed by atoms with van der Waals surface area (Å²) in [6.07, 6.45) is 0. The Hall–Kier alpha value is -4.03. The van der Waals surface area contributed by atoms with Crippen molar-refractivity contribution in [2.45, 2.75) is 26.1 Å². The predicted molar refractivity (Wildman–Crippen MR) is 129 cm³/mol. The summed E-state index contributed by atoms with van der Waals surface area (Å²) in [7, 11) is 0. The van der Waals surface area contributed by atoms with E-state index in [2.05, 4.69) is 57.9 Å². The zero-order valence-electron chi connectivity index (χ0n) is 18.2. The molecule has 0 saturated heterocycles. The molecule has 1 aliphatic heterocycles. The molecule has 0 saturated carbocycles. The molecule has 0 fully saturated rings. The van der Waals surface area contributed by atoms with Gasteiger partial charge in [0.25, 0.3) is 5.91 Å². The molecule has 3 heterocycles. The molecule has 1 aliphatic rings. The van der Waals surface area contributed by atoms with E-state index in [1.165, 1.54) is 10.9 Å². The summed E-state index contributed by atoms with van der Waals surface area (Å²) < 4.78 is 0. The first-order valence-corrected chi connectivity index (χ1v) is 11.1. The van der Waals surface area contributed by atoms with E-state index in [0.717, 1.165) is 45.5 Å². The lowest BCUT2D eigenvalue weighted by Gasteiger charge is -2.15. The number of rotatable bonds is 5. The molecule has 5 N–H and O–H groups in total. The van der Waals surface area contributed by atoms with E-state index in [1.54, 1.807) is 18.2 Å². The van der Waals surface area contributed by atoms with Crippen molar-refractivity contribution in [2.75, 3.05) is 0 Å². The number of carbonyl (C=O) groups is 1. The van der Waals surface area contributed by atoms with Crippen molar-refractivity contribution < 1.29 is 9.90 Å². The molecule has 1 amide bonds. The van der Waals surface area contributed by atoms with Crippen LogP contribution in [0.4, 0.5) is 0 Å². The second-order valence-corrected chi connectivity index (χ2v) is 8.72. The largest absolute Gasteiger partial charge is 0.508 e. The maximum atomic E-state index is 12.6. The summed E-state index contributed by atoms with van der Waals surface area (Å²) in [6.45, 7) is 3.41. The molecule has 2 aromatic heterocycles. The van der Waals surface area contributed by atoms with Gasteiger partial charge < -0.3 is 25.7 Å². The van der Waals surface area contributed by atoms with Crippen molar-refractivity contribution in [3.8, 4) is 5.75 Å². The highest BCUT2D eigenvalue weighted by atomic mass is 16.3. The van der Waals surface area contributed by atoms with E-state index in [9.17, 15) is 9.90 Å². The normalized spacial score (nSPS) is 15.3. The van der Waals surface area contributed by atoms with Gasteiger partial charge in [0, 0.05) is 52.0 Å². The molecule has 0 radical (unpaired) electrons. The van der Waals surface area contributed by atoms with Gasteiger partial charge in [-0.3, -0.25) is 4.79 Å². The highest BCUT2D eigenvalue weighted by Gasteiger charge is 2.33. The Labute approximate surface area is 190 Å². The Kier molecular flexibility index (Phi) is 4.48. The number of phenols is 1. The fraction of sp³-hybridized carbons (Fsp3) is 0.148. The van der Waals surface area contributed by atoms with Gasteiger partial charge in [-0.15, -0.1) is 0 Å². The van der Waals surface area contributed by atoms with Crippen LogP contribution in [-0.2, 0) is 13.1 Å². The average Bonchev–Trinajstić information content (AvgIpc) is 3.45. The number of fused-ring (bicyclic) bond motifs is 3. The van der Waals surface area contributed by atoms with Gasteiger partial charge in [-0.05, 0) is 65.9 Å². The first kappa shape index (κ1) is 19.6. The molecule has 6 rings (SSSR count). The molecule has 5 aromatic rings. The van der Waals surface area contributed by atoms with E-state index in [-0.39, 0.29) is 17.7 Å². The van der Waals surface area contributed by atoms with Crippen LogP contribution < -0.4 is 10.6 Å². The number of hydrogen-bond acceptors (Lipinski definition) is 3. The molecular weight excluding hydrogens is 412 g/mol. The van der Waals surface area contributed by atoms with Gasteiger partial charge in [0.1, 0.15) is 5.75 Å². The number of phenolic OH excluding ortho intramolecular Hbond substituents is 1. The van der Waals surface area contributed by atoms with E-state index in [4.69, 9.17) is 0 Å². The van der Waals surface area contributed by atoms with Crippen LogP contribution in [0.15, 0.2) is 66.7 Å². The number of benzene rings is 3. The van der Waals surface area contributed by atoms with Crippen LogP contribution >= 0.6 is 0 Å². The molecule has 1 unspecified atom stereocenters. The van der Waals surface area contributed by atoms with E-state index in [0.29, 0.717) is 12.1 Å². The number of para-hydroxylation sites is 1. The smallest absolute Gasteiger partial charge is 0.252 e. The lowest BCUT2D eigenvalue weighted by atomic mass is 9.95. The van der Waals surface area contributed by atoms with Crippen molar-refractivity contribution in [1.82, 2.24) is 20.6 Å². The van der Waals surface area contributed by atoms with Gasteiger partial charge in [0.2, 0.25) is 0 Å². The topological polar surface area (TPSA) is 92.9 Å². The summed E-state index contributed by atoms with van der Waals surface area (Å²) in [6, 6.07) is 21.3. The highest BCUT2D eigenvalue weighted by Crippen LogP contribution is 2.38. The Morgan fingerprint density at radius 1 is 0.939 bits per heavy atom. The maximum Gasteiger partial charge on any atom is 0.252 e. The van der Waals surface area contributed by atoms with Crippen molar-refractivity contribution >= 4 is 27.7 Å². The van der Waals surface area contributed by atoms with Gasteiger partial charge in [-0.1, -0.05) is 24.3 Å². The Morgan fingerprint density at radius 3 is 2.73 bits per heavy atom. The number of aromatic hydroxyl groups is 1. The highest BCUT2D eigenvalue weighted by molar-refractivity contribution is 6.01. The third kappa shape index (κ3) is 3.36. The molecule has 6 nitrogen and oxygen atoms in total. The maximum absolute atomic E-state index is 12.6. The van der Waals surface area contributed by atoms with E-state index >= 15 is 0 Å². The second-order valence-electron chi connectivity index (χ2n) is 8.72. The third-order valence-corrected chi connectivity index (χ3v) is 6.43. The summed E-state index contributed by atoms with van der Waals surface area (Å²) >= 11 is 0. The van der Waals surface area contributed by atoms with Gasteiger partial charge in [-0.25, -0.2) is 0 Å². The Bertz CT molecular complexity index is 1530. The molecule has 1 atom stereocenters. The van der Waals surface area contributed by atoms with Crippen LogP contribution in [0.3, 0.4) is 0 Å². The lowest BCUT2D eigenvalue weighted by molar-refractivity contribution is 0.0960. The number of H-pyrrole nitrogens is 2. The first-order chi connectivity index (χ1) is 16.1. The predicted octanol–water partition coefficient (Wildman–Crippen LogP) is 4.79. The van der Waals surface area contributed by atoms with Crippen LogP contribution in [-0.4, -0.2) is 21.0 Å². The fourth-order valence-electron chi connectivity index (χ4n) is 4.97. The second kappa shape index (κ2) is 7.53. The van der Waals surface area contributed by atoms with Crippen molar-refractivity contribution in [2.24, 2.45) is 0 Å². The van der Waals surface area contributed by atoms with Crippen LogP contribution in [0.2, 0.25) is 0 Å². The minimum atomic E-state index is -0.313. The Morgan fingerprint density at radius 2 is 1.82 bits per heavy atom. The molecule has 3 aromatic carbocycles. The molecule has 0 spiro atoms. The number of nitrogens with one attached hydrogen (secondary N) is 4. The van der Waals surface area contributed by atoms with Gasteiger partial charge in [0.15, 0.2) is 0 Å². The van der Waals surface area contributed by atoms with Crippen LogP contribution in [0.25, 0.3) is 21.8 Å². The first-order valence-electron chi connectivity index (χ1n) is 11.1. The molecule has 6 heteroatoms. The fourth-order valence-corrected chi connectivity index (χ4v) is 4.97. The Balaban J connectivity index is 1.32. The SMILES string of the molecule is Cc1cc2cc(CNCc3[nH]c4ccccc4c3C3NC(=O)c4ccc(O)cc43)ccc2[nH]1. The zero-order chi connectivity index (χ0) is 22.5. The molecule has 33 heavy (non-hydrogen) atoms. The molecular formula is C27H24N4O2. The number of carbonyl (C=O) groups excluding carboxylic acids is 1. The van der Waals surface area contributed by atoms with E-state index < -0.39 is 0 Å². The minimum absolute atomic E-state index is 0.116. The molecule has 0 bridgehead atoms. The number of aromatic amines is 2.